The summed E-state index contributed by atoms with van der Waals surface area (Å²) >= 11 is 0. The molecule has 1 heterocycles. The number of rotatable bonds is 1. The van der Waals surface area contributed by atoms with Crippen LogP contribution in [0.3, 0.4) is 0 Å². The summed E-state index contributed by atoms with van der Waals surface area (Å²) in [6, 6.07) is 4.85. The summed E-state index contributed by atoms with van der Waals surface area (Å²) in [6.07, 6.45) is 3.15. The van der Waals surface area contributed by atoms with Crippen LogP contribution < -0.4 is 0 Å². The molecule has 0 saturated heterocycles. The largest absolute Gasteiger partial charge is 3.00 e. The van der Waals surface area contributed by atoms with Gasteiger partial charge in [0.1, 0.15) is 0 Å². The van der Waals surface area contributed by atoms with Crippen LogP contribution in [0.1, 0.15) is 11.3 Å². The van der Waals surface area contributed by atoms with E-state index in [1.54, 1.807) is 6.20 Å². The Kier molecular flexibility index (Phi) is 8.25. The Labute approximate surface area is 93.8 Å². The first-order chi connectivity index (χ1) is 4.33. The van der Waals surface area contributed by atoms with Crippen molar-refractivity contribution in [3.8, 4) is 0 Å². The van der Waals surface area contributed by atoms with Crippen molar-refractivity contribution in [2.45, 2.75) is 6.92 Å². The molecular formula is C9H10NY. The average molecular weight is 221 g/mol. The molecule has 11 heavy (non-hydrogen) atoms. The van der Waals surface area contributed by atoms with Crippen molar-refractivity contribution in [2.24, 2.45) is 0 Å². The number of pyridine rings is 1. The van der Waals surface area contributed by atoms with Crippen LogP contribution in [0.2, 0.25) is 0 Å². The second-order valence-electron chi connectivity index (χ2n) is 1.80. The van der Waals surface area contributed by atoms with Crippen LogP contribution in [0.15, 0.2) is 12.3 Å². The summed E-state index contributed by atoms with van der Waals surface area (Å²) in [4.78, 5) is 3.92. The number of aryl methyl sites for hydroxylation is 1. The minimum Gasteiger partial charge on any atom is -0.390 e. The Morgan fingerprint density at radius 3 is 2.64 bits per heavy atom. The van der Waals surface area contributed by atoms with Crippen LogP contribution in [0, 0.1) is 27.0 Å². The van der Waals surface area contributed by atoms with Gasteiger partial charge in [-0.2, -0.15) is 5.56 Å². The fraction of sp³-hybridized carbons (Fsp3) is 0.111. The van der Waals surface area contributed by atoms with Crippen LogP contribution in [0.25, 0.3) is 6.08 Å². The second-order valence-corrected chi connectivity index (χ2v) is 1.80. The molecule has 0 fully saturated rings. The van der Waals surface area contributed by atoms with E-state index in [4.69, 9.17) is 6.58 Å². The molecule has 0 spiro atoms. The van der Waals surface area contributed by atoms with Gasteiger partial charge in [-0.3, -0.25) is 6.07 Å². The molecule has 2 heteroatoms. The zero-order chi connectivity index (χ0) is 6.69. The van der Waals surface area contributed by atoms with E-state index in [-0.39, 0.29) is 40.1 Å². The maximum absolute atomic E-state index is 5.20. The van der Waals surface area contributed by atoms with E-state index in [0.717, 1.165) is 5.56 Å². The van der Waals surface area contributed by atoms with E-state index in [0.29, 0.717) is 5.69 Å². The minimum atomic E-state index is 0. The molecule has 1 aromatic heterocycles. The predicted molar refractivity (Wildman–Crippen MR) is 43.0 cm³/mol. The molecule has 0 aromatic carbocycles. The van der Waals surface area contributed by atoms with Crippen molar-refractivity contribution in [2.75, 3.05) is 0 Å². The Bertz CT molecular complexity index is 221. The standard InChI is InChI=1S/C8H7N.CH3.Y/c1-3-8-6-7(2)4-5-9-8;;/h1,3-5H,2H3;1H3;/q-2;-1;+3. The van der Waals surface area contributed by atoms with E-state index < -0.39 is 0 Å². The van der Waals surface area contributed by atoms with Gasteiger partial charge in [-0.05, 0) is 0 Å². The number of hydrogen-bond acceptors (Lipinski definition) is 1. The molecule has 0 radical (unpaired) electrons. The molecule has 0 aliphatic heterocycles. The zero-order valence-corrected chi connectivity index (χ0v) is 9.67. The fourth-order valence-electron chi connectivity index (χ4n) is 0.590. The van der Waals surface area contributed by atoms with Gasteiger partial charge in [-0.1, -0.05) is 13.1 Å². The van der Waals surface area contributed by atoms with Crippen molar-refractivity contribution in [3.05, 3.63) is 43.6 Å². The Morgan fingerprint density at radius 2 is 2.27 bits per heavy atom. The first-order valence-electron chi connectivity index (χ1n) is 2.73. The quantitative estimate of drug-likeness (QED) is 0.661. The molecule has 54 valence electrons. The van der Waals surface area contributed by atoms with Crippen molar-refractivity contribution in [1.82, 2.24) is 4.98 Å². The molecule has 1 nitrogen and oxygen atoms in total. The average Bonchev–Trinajstić information content (AvgIpc) is 1.88. The molecule has 1 rings (SSSR count). The second kappa shape index (κ2) is 6.69. The fourth-order valence-corrected chi connectivity index (χ4v) is 0.590. The van der Waals surface area contributed by atoms with Crippen molar-refractivity contribution >= 4 is 6.08 Å². The van der Waals surface area contributed by atoms with Gasteiger partial charge < -0.3 is 25.1 Å². The van der Waals surface area contributed by atoms with Crippen LogP contribution in [0.4, 0.5) is 0 Å². The summed E-state index contributed by atoms with van der Waals surface area (Å²) in [6.45, 7) is 7.15. The Balaban J connectivity index is 0. The van der Waals surface area contributed by atoms with E-state index in [9.17, 15) is 0 Å². The molecule has 0 bridgehead atoms. The molecule has 0 aliphatic rings. The summed E-state index contributed by atoms with van der Waals surface area (Å²) in [5.41, 5.74) is 1.76. The first-order valence-corrected chi connectivity index (χ1v) is 2.73. The van der Waals surface area contributed by atoms with Gasteiger partial charge in [0.05, 0.1) is 0 Å². The Hall–Kier alpha value is -0.00610. The summed E-state index contributed by atoms with van der Waals surface area (Å²) in [5.74, 6) is 0. The van der Waals surface area contributed by atoms with Crippen molar-refractivity contribution in [1.29, 1.82) is 0 Å². The van der Waals surface area contributed by atoms with Crippen molar-refractivity contribution < 1.29 is 32.7 Å². The van der Waals surface area contributed by atoms with Gasteiger partial charge >= 0.3 is 32.7 Å². The van der Waals surface area contributed by atoms with Crippen molar-refractivity contribution in [3.63, 3.8) is 0 Å². The summed E-state index contributed by atoms with van der Waals surface area (Å²) < 4.78 is 0. The molecule has 0 saturated carbocycles. The van der Waals surface area contributed by atoms with Gasteiger partial charge in [0.25, 0.3) is 0 Å². The van der Waals surface area contributed by atoms with Gasteiger partial charge in [-0.25, -0.2) is 5.69 Å². The van der Waals surface area contributed by atoms with E-state index in [1.807, 2.05) is 13.0 Å². The van der Waals surface area contributed by atoms with E-state index in [2.05, 4.69) is 11.1 Å². The predicted octanol–water partition coefficient (Wildman–Crippen LogP) is 2.08. The van der Waals surface area contributed by atoms with Crippen LogP contribution in [-0.2, 0) is 32.7 Å². The van der Waals surface area contributed by atoms with Gasteiger partial charge in [0, 0.05) is 0 Å². The van der Waals surface area contributed by atoms with Gasteiger partial charge in [-0.15, -0.1) is 6.07 Å². The van der Waals surface area contributed by atoms with Gasteiger partial charge in [0.15, 0.2) is 0 Å². The third-order valence-electron chi connectivity index (χ3n) is 1.02. The van der Waals surface area contributed by atoms with Crippen LogP contribution >= 0.6 is 0 Å². The normalized spacial score (nSPS) is 7.36. The van der Waals surface area contributed by atoms with Gasteiger partial charge in [0.2, 0.25) is 0 Å². The smallest absolute Gasteiger partial charge is 0.390 e. The SMILES string of the molecule is [CH-]=Cc1[c-]c(C)ccn1.[CH3-].[Y+3]. The third-order valence-corrected chi connectivity index (χ3v) is 1.02. The molecule has 0 aliphatic carbocycles. The number of aromatic nitrogens is 1. The van der Waals surface area contributed by atoms with Crippen LogP contribution in [0.5, 0.6) is 0 Å². The molecule has 1 aromatic rings. The summed E-state index contributed by atoms with van der Waals surface area (Å²) in [5, 5.41) is 0. The molecule has 0 unspecified atom stereocenters. The zero-order valence-electron chi connectivity index (χ0n) is 6.83. The van der Waals surface area contributed by atoms with E-state index in [1.165, 1.54) is 6.08 Å². The molecule has 0 atom stereocenters. The third kappa shape index (κ3) is 4.44. The maximum Gasteiger partial charge on any atom is 3.00 e. The molecular weight excluding hydrogens is 211 g/mol. The van der Waals surface area contributed by atoms with Crippen LogP contribution in [-0.4, -0.2) is 4.98 Å². The number of hydrogen-bond donors (Lipinski definition) is 0. The Morgan fingerprint density at radius 1 is 1.64 bits per heavy atom. The molecule has 0 amide bonds. The maximum atomic E-state index is 5.20. The molecule has 0 N–H and O–H groups in total. The minimum absolute atomic E-state index is 0. The first kappa shape index (κ1) is 13.6. The topological polar surface area (TPSA) is 12.9 Å². The number of nitrogens with zero attached hydrogens (tertiary/aromatic N) is 1. The summed E-state index contributed by atoms with van der Waals surface area (Å²) in [7, 11) is 0. The van der Waals surface area contributed by atoms with E-state index >= 15 is 0 Å². The monoisotopic (exact) mass is 221 g/mol.